The zero-order valence-corrected chi connectivity index (χ0v) is 16.8. The lowest BCUT2D eigenvalue weighted by Gasteiger charge is -2.23. The maximum Gasteiger partial charge on any atom is 0.249 e. The minimum Gasteiger partial charge on any atom is -0.494 e. The number of fused-ring (bicyclic) bond motifs is 3. The van der Waals surface area contributed by atoms with Crippen molar-refractivity contribution < 1.29 is 9.53 Å². The summed E-state index contributed by atoms with van der Waals surface area (Å²) in [4.78, 5) is 14.3. The first kappa shape index (κ1) is 17.9. The fourth-order valence-electron chi connectivity index (χ4n) is 3.81. The van der Waals surface area contributed by atoms with Crippen molar-refractivity contribution in [2.75, 3.05) is 17.2 Å². The van der Waals surface area contributed by atoms with Gasteiger partial charge in [-0.25, -0.2) is 0 Å². The van der Waals surface area contributed by atoms with Crippen LogP contribution in [-0.2, 0) is 9.54 Å². The van der Waals surface area contributed by atoms with Crippen LogP contribution >= 0.6 is 11.8 Å². The molecule has 2 aliphatic rings. The molecule has 1 atom stereocenters. The molecule has 0 bridgehead atoms. The maximum absolute atomic E-state index is 13.3. The van der Waals surface area contributed by atoms with E-state index in [9.17, 15) is 4.79 Å². The van der Waals surface area contributed by atoms with Gasteiger partial charge in [-0.15, -0.1) is 0 Å². The van der Waals surface area contributed by atoms with Gasteiger partial charge in [-0.2, -0.15) is 0 Å². The van der Waals surface area contributed by atoms with Crippen LogP contribution in [0.1, 0.15) is 18.1 Å². The van der Waals surface area contributed by atoms with Crippen LogP contribution in [0.2, 0.25) is 0 Å². The van der Waals surface area contributed by atoms with Crippen LogP contribution in [0.3, 0.4) is 0 Å². The molecule has 0 aliphatic carbocycles. The molecule has 2 heterocycles. The number of carbonyl (C=O) groups excluding carboxylic acids is 1. The summed E-state index contributed by atoms with van der Waals surface area (Å²) in [6, 6.07) is 24.0. The first-order chi connectivity index (χ1) is 14.2. The van der Waals surface area contributed by atoms with Gasteiger partial charge in [0.05, 0.1) is 12.3 Å². The van der Waals surface area contributed by atoms with Crippen LogP contribution in [0.25, 0.3) is 5.70 Å². The smallest absolute Gasteiger partial charge is 0.249 e. The van der Waals surface area contributed by atoms with E-state index in [0.29, 0.717) is 6.61 Å². The van der Waals surface area contributed by atoms with Crippen molar-refractivity contribution in [2.45, 2.75) is 16.6 Å². The molecule has 1 spiro atoms. The van der Waals surface area contributed by atoms with Crippen LogP contribution < -0.4 is 15.4 Å². The molecule has 0 saturated heterocycles. The van der Waals surface area contributed by atoms with Crippen molar-refractivity contribution >= 4 is 34.7 Å². The predicted octanol–water partition coefficient (Wildman–Crippen LogP) is 5.49. The number of ether oxygens (including phenoxy) is 1. The van der Waals surface area contributed by atoms with Crippen molar-refractivity contribution in [2.24, 2.45) is 0 Å². The molecule has 0 radical (unpaired) electrons. The zero-order chi connectivity index (χ0) is 19.8. The molecular formula is C24H20N2O2S. The summed E-state index contributed by atoms with van der Waals surface area (Å²) < 4.78 is 4.86. The number of hydrogen-bond donors (Lipinski definition) is 2. The summed E-state index contributed by atoms with van der Waals surface area (Å²) in [5, 5.41) is 6.62. The molecule has 1 amide bonds. The van der Waals surface area contributed by atoms with Crippen LogP contribution in [-0.4, -0.2) is 12.5 Å². The first-order valence-corrected chi connectivity index (χ1v) is 10.4. The summed E-state index contributed by atoms with van der Waals surface area (Å²) in [6.07, 6.45) is 2.05. The van der Waals surface area contributed by atoms with E-state index >= 15 is 0 Å². The molecular weight excluding hydrogens is 380 g/mol. The van der Waals surface area contributed by atoms with Gasteiger partial charge in [0.15, 0.2) is 0 Å². The van der Waals surface area contributed by atoms with E-state index in [1.807, 2.05) is 67.6 Å². The summed E-state index contributed by atoms with van der Waals surface area (Å²) in [7, 11) is 0. The highest BCUT2D eigenvalue weighted by Crippen LogP contribution is 2.54. The number of carbonyl (C=O) groups is 1. The quantitative estimate of drug-likeness (QED) is 0.610. The standard InChI is InChI=1S/C24H20N2O2S/c1-2-28-17-12-13-20-22(14-17)29-24(15-21(25-20)16-8-4-3-5-9-16)18-10-6-7-11-19(18)26-23(24)27/h3-15,25H,2H2,1H3,(H,26,27). The number of rotatable bonds is 3. The van der Waals surface area contributed by atoms with Crippen molar-refractivity contribution in [3.63, 3.8) is 0 Å². The number of nitrogens with one attached hydrogen (secondary N) is 2. The second kappa shape index (κ2) is 7.01. The number of anilines is 2. The molecule has 4 nitrogen and oxygen atoms in total. The summed E-state index contributed by atoms with van der Waals surface area (Å²) in [5.74, 6) is 0.763. The third-order valence-electron chi connectivity index (χ3n) is 5.15. The molecule has 2 aliphatic heterocycles. The van der Waals surface area contributed by atoms with E-state index in [2.05, 4.69) is 28.8 Å². The number of hydrogen-bond acceptors (Lipinski definition) is 4. The lowest BCUT2D eigenvalue weighted by atomic mass is 9.96. The molecule has 0 saturated carbocycles. The second-order valence-electron chi connectivity index (χ2n) is 6.98. The molecule has 5 rings (SSSR count). The van der Waals surface area contributed by atoms with Gasteiger partial charge in [0, 0.05) is 21.8 Å². The van der Waals surface area contributed by atoms with Crippen LogP contribution in [0.15, 0.2) is 83.8 Å². The second-order valence-corrected chi connectivity index (χ2v) is 8.27. The third-order valence-corrected chi connectivity index (χ3v) is 6.55. The molecule has 144 valence electrons. The van der Waals surface area contributed by atoms with Gasteiger partial charge in [-0.05, 0) is 42.8 Å². The van der Waals surface area contributed by atoms with Crippen molar-refractivity contribution in [1.29, 1.82) is 0 Å². The summed E-state index contributed by atoms with van der Waals surface area (Å²) >= 11 is 1.55. The predicted molar refractivity (Wildman–Crippen MR) is 118 cm³/mol. The van der Waals surface area contributed by atoms with Crippen LogP contribution in [0, 0.1) is 0 Å². The van der Waals surface area contributed by atoms with E-state index in [1.54, 1.807) is 11.8 Å². The molecule has 29 heavy (non-hydrogen) atoms. The lowest BCUT2D eigenvalue weighted by Crippen LogP contribution is -2.29. The molecule has 2 N–H and O–H groups in total. The van der Waals surface area contributed by atoms with Crippen molar-refractivity contribution in [3.8, 4) is 5.75 Å². The SMILES string of the molecule is CCOc1ccc2c(c1)SC1(C=C(c3ccccc3)N2)C(=O)Nc2ccccc21. The highest BCUT2D eigenvalue weighted by atomic mass is 32.2. The van der Waals surface area contributed by atoms with E-state index in [-0.39, 0.29) is 5.91 Å². The number of thioether (sulfide) groups is 1. The molecule has 3 aromatic carbocycles. The Kier molecular flexibility index (Phi) is 4.32. The number of amides is 1. The van der Waals surface area contributed by atoms with Crippen molar-refractivity contribution in [1.82, 2.24) is 0 Å². The minimum absolute atomic E-state index is 0.0337. The largest absolute Gasteiger partial charge is 0.494 e. The van der Waals surface area contributed by atoms with Gasteiger partial charge in [-0.1, -0.05) is 60.3 Å². The Morgan fingerprint density at radius 3 is 2.55 bits per heavy atom. The fraction of sp³-hybridized carbons (Fsp3) is 0.125. The minimum atomic E-state index is -0.856. The fourth-order valence-corrected chi connectivity index (χ4v) is 5.16. The topological polar surface area (TPSA) is 50.4 Å². The number of para-hydroxylation sites is 1. The van der Waals surface area contributed by atoms with Gasteiger partial charge in [0.1, 0.15) is 10.5 Å². The van der Waals surface area contributed by atoms with E-state index in [4.69, 9.17) is 4.74 Å². The summed E-state index contributed by atoms with van der Waals surface area (Å²) in [6.45, 7) is 2.56. The Morgan fingerprint density at radius 2 is 1.72 bits per heavy atom. The monoisotopic (exact) mass is 400 g/mol. The van der Waals surface area contributed by atoms with Gasteiger partial charge in [0.25, 0.3) is 0 Å². The van der Waals surface area contributed by atoms with Gasteiger partial charge in [0.2, 0.25) is 5.91 Å². The Labute approximate surface area is 174 Å². The highest BCUT2D eigenvalue weighted by molar-refractivity contribution is 8.01. The van der Waals surface area contributed by atoms with Crippen LogP contribution in [0.5, 0.6) is 5.75 Å². The molecule has 5 heteroatoms. The van der Waals surface area contributed by atoms with E-state index in [1.165, 1.54) is 0 Å². The van der Waals surface area contributed by atoms with Crippen molar-refractivity contribution in [3.05, 3.63) is 90.0 Å². The number of benzene rings is 3. The molecule has 3 aromatic rings. The average molecular weight is 401 g/mol. The maximum atomic E-state index is 13.3. The zero-order valence-electron chi connectivity index (χ0n) is 15.9. The van der Waals surface area contributed by atoms with E-state index in [0.717, 1.165) is 38.8 Å². The molecule has 0 fully saturated rings. The first-order valence-electron chi connectivity index (χ1n) is 9.62. The third kappa shape index (κ3) is 2.98. The van der Waals surface area contributed by atoms with E-state index < -0.39 is 4.75 Å². The van der Waals surface area contributed by atoms with Gasteiger partial charge < -0.3 is 15.4 Å². The Bertz CT molecular complexity index is 1130. The highest BCUT2D eigenvalue weighted by Gasteiger charge is 2.48. The molecule has 0 aromatic heterocycles. The molecule has 1 unspecified atom stereocenters. The average Bonchev–Trinajstić information content (AvgIpc) is 2.90. The van der Waals surface area contributed by atoms with Gasteiger partial charge in [-0.3, -0.25) is 4.79 Å². The van der Waals surface area contributed by atoms with Gasteiger partial charge >= 0.3 is 0 Å². The Morgan fingerprint density at radius 1 is 0.931 bits per heavy atom. The Balaban J connectivity index is 1.73. The lowest BCUT2D eigenvalue weighted by molar-refractivity contribution is -0.116. The van der Waals surface area contributed by atoms with Crippen LogP contribution in [0.4, 0.5) is 11.4 Å². The Hall–Kier alpha value is -3.18. The summed E-state index contributed by atoms with van der Waals surface area (Å²) in [5.41, 5.74) is 4.74. The normalized spacial score (nSPS) is 19.5.